The fourth-order valence-corrected chi connectivity index (χ4v) is 5.16. The number of nitrogens with zero attached hydrogens (tertiary/aromatic N) is 5. The molecule has 8 nitrogen and oxygen atoms in total. The normalized spacial score (nSPS) is 20.1. The molecule has 0 unspecified atom stereocenters. The Kier molecular flexibility index (Phi) is 3.70. The quantitative estimate of drug-likeness (QED) is 0.705. The number of likely N-dealkylation sites (tertiary alicyclic amines) is 1. The summed E-state index contributed by atoms with van der Waals surface area (Å²) < 4.78 is 1.84. The van der Waals surface area contributed by atoms with Crippen molar-refractivity contribution in [3.63, 3.8) is 0 Å². The zero-order valence-electron chi connectivity index (χ0n) is 17.0. The van der Waals surface area contributed by atoms with Crippen LogP contribution in [-0.2, 0) is 18.9 Å². The lowest BCUT2D eigenvalue weighted by Crippen LogP contribution is -2.45. The summed E-state index contributed by atoms with van der Waals surface area (Å²) in [5.74, 6) is 1.30. The molecular weight excluding hydrogens is 380 g/mol. The minimum Gasteiger partial charge on any atom is -0.339 e. The van der Waals surface area contributed by atoms with Crippen molar-refractivity contribution in [2.75, 3.05) is 13.1 Å². The van der Waals surface area contributed by atoms with Gasteiger partial charge in [-0.05, 0) is 44.6 Å². The van der Waals surface area contributed by atoms with Gasteiger partial charge in [-0.1, -0.05) is 0 Å². The van der Waals surface area contributed by atoms with E-state index >= 15 is 0 Å². The molecule has 2 fully saturated rings. The fraction of sp³-hybridized carbons (Fsp3) is 0.500. The van der Waals surface area contributed by atoms with Crippen molar-refractivity contribution >= 4 is 17.1 Å². The Morgan fingerprint density at radius 1 is 1.20 bits per heavy atom. The first-order valence-electron chi connectivity index (χ1n) is 10.7. The standard InChI is InChI=1S/C22H24N6O2/c1-27-12-24-16-10-14(11-23-19(16)27)21(30)28-8-6-22(7-9-28)5-4-15-17(22)25-18(13-2-3-13)26-20(15)29/h10-13H,2-9H2,1H3,(H,25,26,29). The summed E-state index contributed by atoms with van der Waals surface area (Å²) in [5, 5.41) is 0. The summed E-state index contributed by atoms with van der Waals surface area (Å²) in [6.45, 7) is 1.34. The Morgan fingerprint density at radius 2 is 2.00 bits per heavy atom. The average Bonchev–Trinajstić information content (AvgIpc) is 3.47. The summed E-state index contributed by atoms with van der Waals surface area (Å²) in [5.41, 5.74) is 3.95. The molecule has 30 heavy (non-hydrogen) atoms. The molecule has 1 amide bonds. The van der Waals surface area contributed by atoms with Crippen LogP contribution >= 0.6 is 0 Å². The van der Waals surface area contributed by atoms with E-state index in [0.29, 0.717) is 24.6 Å². The number of fused-ring (bicyclic) bond motifs is 3. The first kappa shape index (κ1) is 17.8. The van der Waals surface area contributed by atoms with Gasteiger partial charge in [0.1, 0.15) is 11.3 Å². The van der Waals surface area contributed by atoms with Crippen LogP contribution in [0.25, 0.3) is 11.2 Å². The van der Waals surface area contributed by atoms with Gasteiger partial charge in [0.25, 0.3) is 11.5 Å². The highest BCUT2D eigenvalue weighted by Crippen LogP contribution is 2.46. The van der Waals surface area contributed by atoms with Crippen LogP contribution in [0.15, 0.2) is 23.4 Å². The molecule has 1 saturated heterocycles. The van der Waals surface area contributed by atoms with Crippen molar-refractivity contribution < 1.29 is 4.79 Å². The Labute approximate surface area is 173 Å². The van der Waals surface area contributed by atoms with Gasteiger partial charge in [0, 0.05) is 43.2 Å². The van der Waals surface area contributed by atoms with Gasteiger partial charge in [-0.3, -0.25) is 9.59 Å². The molecule has 3 aromatic rings. The van der Waals surface area contributed by atoms with Crippen LogP contribution in [0.2, 0.25) is 0 Å². The van der Waals surface area contributed by atoms with Gasteiger partial charge in [-0.2, -0.15) is 0 Å². The highest BCUT2D eigenvalue weighted by molar-refractivity contribution is 5.96. The van der Waals surface area contributed by atoms with E-state index in [9.17, 15) is 9.59 Å². The molecule has 4 heterocycles. The van der Waals surface area contributed by atoms with Crippen molar-refractivity contribution in [3.05, 3.63) is 51.6 Å². The van der Waals surface area contributed by atoms with Gasteiger partial charge in [-0.15, -0.1) is 0 Å². The first-order valence-corrected chi connectivity index (χ1v) is 10.7. The number of aromatic nitrogens is 5. The molecule has 8 heteroatoms. The molecule has 1 aliphatic heterocycles. The van der Waals surface area contributed by atoms with E-state index in [1.807, 2.05) is 22.6 Å². The van der Waals surface area contributed by atoms with Gasteiger partial charge in [0.05, 0.1) is 17.6 Å². The third-order valence-electron chi connectivity index (χ3n) is 7.16. The van der Waals surface area contributed by atoms with E-state index in [2.05, 4.69) is 15.0 Å². The third-order valence-corrected chi connectivity index (χ3v) is 7.16. The van der Waals surface area contributed by atoms with Crippen LogP contribution in [0.3, 0.4) is 0 Å². The zero-order chi connectivity index (χ0) is 20.5. The lowest BCUT2D eigenvalue weighted by molar-refractivity contribution is 0.0663. The molecule has 1 spiro atoms. The van der Waals surface area contributed by atoms with Crippen LogP contribution in [0, 0.1) is 0 Å². The molecule has 1 saturated carbocycles. The maximum Gasteiger partial charge on any atom is 0.255 e. The Bertz CT molecular complexity index is 1230. The molecule has 0 radical (unpaired) electrons. The highest BCUT2D eigenvalue weighted by atomic mass is 16.2. The van der Waals surface area contributed by atoms with Crippen molar-refractivity contribution in [1.29, 1.82) is 0 Å². The number of piperidine rings is 1. The molecule has 3 aromatic heterocycles. The maximum atomic E-state index is 13.1. The second-order valence-corrected chi connectivity index (χ2v) is 9.05. The predicted molar refractivity (Wildman–Crippen MR) is 110 cm³/mol. The highest BCUT2D eigenvalue weighted by Gasteiger charge is 2.45. The number of amides is 1. The van der Waals surface area contributed by atoms with E-state index in [4.69, 9.17) is 4.98 Å². The van der Waals surface area contributed by atoms with Gasteiger partial charge in [0.2, 0.25) is 0 Å². The van der Waals surface area contributed by atoms with E-state index in [1.165, 1.54) is 0 Å². The van der Waals surface area contributed by atoms with Crippen molar-refractivity contribution in [3.8, 4) is 0 Å². The summed E-state index contributed by atoms with van der Waals surface area (Å²) >= 11 is 0. The molecule has 0 bridgehead atoms. The van der Waals surface area contributed by atoms with Crippen LogP contribution in [0.5, 0.6) is 0 Å². The van der Waals surface area contributed by atoms with Crippen LogP contribution in [0.1, 0.15) is 65.5 Å². The molecular formula is C22H24N6O2. The number of nitrogens with one attached hydrogen (secondary N) is 1. The molecule has 6 rings (SSSR count). The fourth-order valence-electron chi connectivity index (χ4n) is 5.16. The minimum absolute atomic E-state index is 0.000612. The molecule has 2 aliphatic carbocycles. The summed E-state index contributed by atoms with van der Waals surface area (Å²) in [6, 6.07) is 1.82. The smallest absolute Gasteiger partial charge is 0.255 e. The van der Waals surface area contributed by atoms with Crippen molar-refractivity contribution in [2.24, 2.45) is 7.05 Å². The molecule has 3 aliphatic rings. The van der Waals surface area contributed by atoms with Crippen molar-refractivity contribution in [2.45, 2.75) is 49.9 Å². The molecule has 0 atom stereocenters. The number of carbonyl (C=O) groups is 1. The topological polar surface area (TPSA) is 96.8 Å². The van der Waals surface area contributed by atoms with Crippen LogP contribution in [-0.4, -0.2) is 48.4 Å². The number of H-pyrrole nitrogens is 1. The Hall–Kier alpha value is -3.03. The summed E-state index contributed by atoms with van der Waals surface area (Å²) in [4.78, 5) is 44.2. The molecule has 1 N–H and O–H groups in total. The van der Waals surface area contributed by atoms with E-state index < -0.39 is 0 Å². The number of imidazole rings is 1. The Morgan fingerprint density at radius 3 is 2.77 bits per heavy atom. The number of pyridine rings is 1. The van der Waals surface area contributed by atoms with E-state index in [1.54, 1.807) is 12.5 Å². The number of aromatic amines is 1. The lowest BCUT2D eigenvalue weighted by Gasteiger charge is -2.39. The van der Waals surface area contributed by atoms with Crippen molar-refractivity contribution in [1.82, 2.24) is 29.4 Å². The van der Waals surface area contributed by atoms with Gasteiger partial charge < -0.3 is 14.5 Å². The average molecular weight is 404 g/mol. The van der Waals surface area contributed by atoms with Crippen LogP contribution < -0.4 is 5.56 Å². The second-order valence-electron chi connectivity index (χ2n) is 9.05. The largest absolute Gasteiger partial charge is 0.339 e. The zero-order valence-corrected chi connectivity index (χ0v) is 17.0. The number of aryl methyl sites for hydroxylation is 1. The monoisotopic (exact) mass is 404 g/mol. The summed E-state index contributed by atoms with van der Waals surface area (Å²) in [6.07, 6.45) is 9.03. The van der Waals surface area contributed by atoms with Gasteiger partial charge in [0.15, 0.2) is 5.65 Å². The van der Waals surface area contributed by atoms with E-state index in [-0.39, 0.29) is 16.9 Å². The van der Waals surface area contributed by atoms with Gasteiger partial charge >= 0.3 is 0 Å². The lowest BCUT2D eigenvalue weighted by atomic mass is 9.76. The third kappa shape index (κ3) is 2.62. The minimum atomic E-state index is -0.0623. The van der Waals surface area contributed by atoms with Gasteiger partial charge in [-0.25, -0.2) is 15.0 Å². The predicted octanol–water partition coefficient (Wildman–Crippen LogP) is 2.05. The van der Waals surface area contributed by atoms with E-state index in [0.717, 1.165) is 66.8 Å². The maximum absolute atomic E-state index is 13.1. The Balaban J connectivity index is 1.24. The molecule has 154 valence electrons. The number of hydrogen-bond acceptors (Lipinski definition) is 5. The number of hydrogen-bond donors (Lipinski definition) is 1. The number of rotatable bonds is 2. The molecule has 0 aromatic carbocycles. The second kappa shape index (κ2) is 6.23. The SMILES string of the molecule is Cn1cnc2cc(C(=O)N3CCC4(CCc5c4nc(C4CC4)[nH]c5=O)CC3)cnc21. The summed E-state index contributed by atoms with van der Waals surface area (Å²) in [7, 11) is 1.89. The first-order chi connectivity index (χ1) is 14.5. The van der Waals surface area contributed by atoms with Crippen LogP contribution in [0.4, 0.5) is 0 Å². The number of carbonyl (C=O) groups excluding carboxylic acids is 1.